The van der Waals surface area contributed by atoms with Crippen molar-refractivity contribution in [1.29, 1.82) is 0 Å². The van der Waals surface area contributed by atoms with Gasteiger partial charge in [0.2, 0.25) is 5.91 Å². The number of carbonyl (C=O) groups excluding carboxylic acids is 2. The highest BCUT2D eigenvalue weighted by Gasteiger charge is 2.32. The summed E-state index contributed by atoms with van der Waals surface area (Å²) in [4.78, 5) is 24.4. The molecule has 2 N–H and O–H groups in total. The molecule has 1 heterocycles. The fraction of sp³-hybridized carbons (Fsp3) is 0.385. The number of nitrogens with two attached hydrogens (primary N) is 1. The first kappa shape index (κ1) is 13.9. The van der Waals surface area contributed by atoms with Gasteiger partial charge >= 0.3 is 0 Å². The first-order chi connectivity index (χ1) is 8.99. The quantitative estimate of drug-likeness (QED) is 0.862. The number of nitrogens with zero attached hydrogens (tertiary/aromatic N) is 1. The zero-order chi connectivity index (χ0) is 14.0. The second kappa shape index (κ2) is 5.61. The Morgan fingerprint density at radius 1 is 1.58 bits per heavy atom. The average Bonchev–Trinajstić information content (AvgIpc) is 2.71. The zero-order valence-electron chi connectivity index (χ0n) is 10.6. The number of para-hydroxylation sites is 1. The minimum atomic E-state index is -0.521. The zero-order valence-corrected chi connectivity index (χ0v) is 11.4. The lowest BCUT2D eigenvalue weighted by Crippen LogP contribution is -2.26. The second-order valence-corrected chi connectivity index (χ2v) is 5.75. The highest BCUT2D eigenvalue weighted by atomic mass is 32.2. The molecule has 1 aliphatic rings. The van der Waals surface area contributed by atoms with Crippen molar-refractivity contribution in [1.82, 2.24) is 0 Å². The molecule has 0 saturated carbocycles. The van der Waals surface area contributed by atoms with Crippen LogP contribution in [-0.4, -0.2) is 23.3 Å². The van der Waals surface area contributed by atoms with Gasteiger partial charge in [-0.15, -0.1) is 0 Å². The van der Waals surface area contributed by atoms with E-state index in [-0.39, 0.29) is 22.6 Å². The first-order valence-electron chi connectivity index (χ1n) is 5.96. The van der Waals surface area contributed by atoms with E-state index in [2.05, 4.69) is 0 Å². The highest BCUT2D eigenvalue weighted by molar-refractivity contribution is 8.13. The van der Waals surface area contributed by atoms with E-state index in [0.717, 1.165) is 0 Å². The predicted octanol–water partition coefficient (Wildman–Crippen LogP) is 2.04. The van der Waals surface area contributed by atoms with E-state index in [1.54, 1.807) is 6.07 Å². The fourth-order valence-corrected chi connectivity index (χ4v) is 2.82. The molecule has 1 aromatic carbocycles. The monoisotopic (exact) mass is 282 g/mol. The number of amides is 1. The summed E-state index contributed by atoms with van der Waals surface area (Å²) in [5, 5.41) is 0.0381. The third-order valence-corrected chi connectivity index (χ3v) is 4.09. The van der Waals surface area contributed by atoms with Crippen molar-refractivity contribution in [2.45, 2.75) is 13.3 Å². The lowest BCUT2D eigenvalue weighted by atomic mass is 10.1. The molecule has 1 saturated heterocycles. The van der Waals surface area contributed by atoms with Crippen molar-refractivity contribution in [3.8, 4) is 0 Å². The Morgan fingerprint density at radius 3 is 3.00 bits per heavy atom. The summed E-state index contributed by atoms with van der Waals surface area (Å²) < 4.78 is 13.4. The van der Waals surface area contributed by atoms with Crippen molar-refractivity contribution in [3.63, 3.8) is 0 Å². The Balaban J connectivity index is 2.11. The molecule has 1 fully saturated rings. The topological polar surface area (TPSA) is 63.4 Å². The van der Waals surface area contributed by atoms with Crippen LogP contribution in [0.3, 0.4) is 0 Å². The Bertz CT molecular complexity index is 521. The van der Waals surface area contributed by atoms with Crippen LogP contribution >= 0.6 is 11.8 Å². The number of halogens is 1. The van der Waals surface area contributed by atoms with Gasteiger partial charge in [0, 0.05) is 25.6 Å². The van der Waals surface area contributed by atoms with Gasteiger partial charge in [-0.3, -0.25) is 9.59 Å². The Morgan fingerprint density at radius 2 is 2.32 bits per heavy atom. The van der Waals surface area contributed by atoms with Gasteiger partial charge in [0.1, 0.15) is 5.82 Å². The third-order valence-electron chi connectivity index (χ3n) is 3.05. The van der Waals surface area contributed by atoms with Crippen LogP contribution < -0.4 is 10.6 Å². The van der Waals surface area contributed by atoms with Gasteiger partial charge in [0.25, 0.3) is 0 Å². The molecular formula is C13H15FN2O2S. The maximum absolute atomic E-state index is 13.4. The lowest BCUT2D eigenvalue weighted by molar-refractivity contribution is -0.117. The van der Waals surface area contributed by atoms with Gasteiger partial charge < -0.3 is 10.6 Å². The van der Waals surface area contributed by atoms with E-state index < -0.39 is 5.82 Å². The van der Waals surface area contributed by atoms with Crippen LogP contribution in [0.5, 0.6) is 0 Å². The van der Waals surface area contributed by atoms with Crippen LogP contribution in [0.25, 0.3) is 0 Å². The van der Waals surface area contributed by atoms with Gasteiger partial charge in [0.15, 0.2) is 5.12 Å². The molecule has 0 aromatic heterocycles. The van der Waals surface area contributed by atoms with Crippen LogP contribution in [0.15, 0.2) is 18.2 Å². The number of nitrogen functional groups attached to an aromatic ring is 1. The van der Waals surface area contributed by atoms with Crippen molar-refractivity contribution >= 4 is 34.2 Å². The molecule has 4 nitrogen and oxygen atoms in total. The summed E-state index contributed by atoms with van der Waals surface area (Å²) in [6, 6.07) is 4.44. The normalized spacial score (nSPS) is 18.9. The van der Waals surface area contributed by atoms with E-state index in [1.807, 2.05) is 0 Å². The maximum atomic E-state index is 13.4. The summed E-state index contributed by atoms with van der Waals surface area (Å²) in [5.41, 5.74) is 6.08. The second-order valence-electron chi connectivity index (χ2n) is 4.55. The van der Waals surface area contributed by atoms with E-state index in [1.165, 1.54) is 35.7 Å². The molecule has 6 heteroatoms. The predicted molar refractivity (Wildman–Crippen MR) is 74.4 cm³/mol. The molecule has 0 spiro atoms. The molecule has 1 unspecified atom stereocenters. The number of hydrogen-bond donors (Lipinski definition) is 1. The SMILES string of the molecule is CC(=O)SCC1CC(=O)N(c2cccc(F)c2N)C1. The number of thioether (sulfide) groups is 1. The van der Waals surface area contributed by atoms with Crippen molar-refractivity contribution in [2.24, 2.45) is 5.92 Å². The smallest absolute Gasteiger partial charge is 0.227 e. The highest BCUT2D eigenvalue weighted by Crippen LogP contribution is 2.32. The van der Waals surface area contributed by atoms with E-state index in [0.29, 0.717) is 24.4 Å². The average molecular weight is 282 g/mol. The van der Waals surface area contributed by atoms with Crippen LogP contribution in [0.2, 0.25) is 0 Å². The molecule has 0 bridgehead atoms. The van der Waals surface area contributed by atoms with Crippen molar-refractivity contribution < 1.29 is 14.0 Å². The Kier molecular flexibility index (Phi) is 4.09. The molecule has 2 rings (SSSR count). The van der Waals surface area contributed by atoms with E-state index in [9.17, 15) is 14.0 Å². The fourth-order valence-electron chi connectivity index (χ4n) is 2.12. The van der Waals surface area contributed by atoms with Crippen LogP contribution in [-0.2, 0) is 9.59 Å². The minimum absolute atomic E-state index is 0.00396. The summed E-state index contributed by atoms with van der Waals surface area (Å²) in [6.45, 7) is 1.98. The number of carbonyl (C=O) groups is 2. The standard InChI is InChI=1S/C13H15FN2O2S/c1-8(17)19-7-9-5-12(18)16(6-9)11-4-2-3-10(14)13(11)15/h2-4,9H,5-7,15H2,1H3. The third kappa shape index (κ3) is 3.07. The molecule has 102 valence electrons. The molecule has 19 heavy (non-hydrogen) atoms. The summed E-state index contributed by atoms with van der Waals surface area (Å²) in [6.07, 6.45) is 0.371. The molecule has 1 atom stereocenters. The van der Waals surface area contributed by atoms with Gasteiger partial charge in [-0.05, 0) is 18.1 Å². The van der Waals surface area contributed by atoms with Crippen LogP contribution in [0, 0.1) is 11.7 Å². The Labute approximate surface area is 115 Å². The van der Waals surface area contributed by atoms with Gasteiger partial charge in [-0.1, -0.05) is 17.8 Å². The van der Waals surface area contributed by atoms with E-state index in [4.69, 9.17) is 5.73 Å². The van der Waals surface area contributed by atoms with E-state index >= 15 is 0 Å². The van der Waals surface area contributed by atoms with Crippen LogP contribution in [0.1, 0.15) is 13.3 Å². The summed E-state index contributed by atoms with van der Waals surface area (Å²) >= 11 is 1.21. The van der Waals surface area contributed by atoms with Crippen LogP contribution in [0.4, 0.5) is 15.8 Å². The number of hydrogen-bond acceptors (Lipinski definition) is 4. The molecule has 0 radical (unpaired) electrons. The Hall–Kier alpha value is -1.56. The number of rotatable bonds is 3. The van der Waals surface area contributed by atoms with Crippen molar-refractivity contribution in [2.75, 3.05) is 22.9 Å². The number of benzene rings is 1. The first-order valence-corrected chi connectivity index (χ1v) is 6.95. The molecule has 1 amide bonds. The summed E-state index contributed by atoms with van der Waals surface area (Å²) in [5.74, 6) is 0.106. The summed E-state index contributed by atoms with van der Waals surface area (Å²) in [7, 11) is 0. The van der Waals surface area contributed by atoms with Gasteiger partial charge in [0.05, 0.1) is 11.4 Å². The number of anilines is 2. The molecular weight excluding hydrogens is 267 g/mol. The molecule has 1 aromatic rings. The largest absolute Gasteiger partial charge is 0.395 e. The van der Waals surface area contributed by atoms with Crippen molar-refractivity contribution in [3.05, 3.63) is 24.0 Å². The maximum Gasteiger partial charge on any atom is 0.227 e. The van der Waals surface area contributed by atoms with Gasteiger partial charge in [-0.2, -0.15) is 0 Å². The lowest BCUT2D eigenvalue weighted by Gasteiger charge is -2.18. The molecule has 1 aliphatic heterocycles. The molecule has 0 aliphatic carbocycles. The minimum Gasteiger partial charge on any atom is -0.395 e. The van der Waals surface area contributed by atoms with Gasteiger partial charge in [-0.25, -0.2) is 4.39 Å².